The number of thioether (sulfide) groups is 1. The van der Waals surface area contributed by atoms with Crippen molar-refractivity contribution in [2.75, 3.05) is 18.5 Å². The van der Waals surface area contributed by atoms with Gasteiger partial charge in [0, 0.05) is 6.20 Å². The van der Waals surface area contributed by atoms with Crippen LogP contribution in [0.2, 0.25) is 5.15 Å². The Morgan fingerprint density at radius 1 is 1.54 bits per heavy atom. The van der Waals surface area contributed by atoms with Gasteiger partial charge in [-0.3, -0.25) is 14.5 Å². The monoisotopic (exact) mass is 369 g/mol. The number of rotatable bonds is 5. The molecule has 0 spiro atoms. The summed E-state index contributed by atoms with van der Waals surface area (Å²) in [6, 6.07) is 3.23. The van der Waals surface area contributed by atoms with E-state index in [1.807, 2.05) is 0 Å². The number of carbonyl (C=O) groups is 3. The maximum atomic E-state index is 12.2. The van der Waals surface area contributed by atoms with Gasteiger partial charge in [-0.15, -0.1) is 0 Å². The van der Waals surface area contributed by atoms with Crippen molar-refractivity contribution < 1.29 is 19.1 Å². The van der Waals surface area contributed by atoms with Gasteiger partial charge in [-0.25, -0.2) is 9.78 Å². The lowest BCUT2D eigenvalue weighted by Crippen LogP contribution is -2.35. The number of nitrogens with one attached hydrogen (secondary N) is 1. The zero-order valence-corrected chi connectivity index (χ0v) is 14.7. The fourth-order valence-electron chi connectivity index (χ4n) is 1.99. The first kappa shape index (κ1) is 18.3. The van der Waals surface area contributed by atoms with Gasteiger partial charge in [0.2, 0.25) is 11.8 Å². The van der Waals surface area contributed by atoms with Crippen LogP contribution in [0.15, 0.2) is 29.4 Å². The Kier molecular flexibility index (Phi) is 6.22. The molecule has 2 heterocycles. The van der Waals surface area contributed by atoms with Gasteiger partial charge in [0.15, 0.2) is 5.15 Å². The van der Waals surface area contributed by atoms with E-state index >= 15 is 0 Å². The second-order valence-electron chi connectivity index (χ2n) is 4.81. The van der Waals surface area contributed by atoms with Crippen LogP contribution in [0.25, 0.3) is 0 Å². The standard InChI is InChI=1S/C15H16ClN3O4S/c1-3-23-13(21)7-12-19(15(22)9(2)24-12)8-11(20)18-10-5-4-6-17-14(10)16/h4-7,9H,3,8H2,1-2H3,(H,18,20)/b12-7-/t9-/m0/s1. The number of pyridine rings is 1. The third-order valence-electron chi connectivity index (χ3n) is 3.04. The molecule has 0 aromatic carbocycles. The number of nitrogens with zero attached hydrogens (tertiary/aromatic N) is 2. The minimum atomic E-state index is -0.553. The number of anilines is 1. The van der Waals surface area contributed by atoms with Crippen molar-refractivity contribution >= 4 is 46.8 Å². The van der Waals surface area contributed by atoms with Crippen LogP contribution in [0.4, 0.5) is 5.69 Å². The Morgan fingerprint density at radius 3 is 2.96 bits per heavy atom. The first-order valence-corrected chi connectivity index (χ1v) is 8.45. The summed E-state index contributed by atoms with van der Waals surface area (Å²) >= 11 is 7.09. The van der Waals surface area contributed by atoms with Gasteiger partial charge in [-0.2, -0.15) is 0 Å². The van der Waals surface area contributed by atoms with E-state index in [9.17, 15) is 14.4 Å². The van der Waals surface area contributed by atoms with Gasteiger partial charge >= 0.3 is 5.97 Å². The summed E-state index contributed by atoms with van der Waals surface area (Å²) in [6.45, 7) is 3.40. The maximum absolute atomic E-state index is 12.2. The number of hydrogen-bond acceptors (Lipinski definition) is 6. The molecular formula is C15H16ClN3O4S. The van der Waals surface area contributed by atoms with Crippen LogP contribution in [0.5, 0.6) is 0 Å². The summed E-state index contributed by atoms with van der Waals surface area (Å²) < 4.78 is 4.85. The molecule has 7 nitrogen and oxygen atoms in total. The first-order valence-electron chi connectivity index (χ1n) is 7.19. The SMILES string of the molecule is CCOC(=O)/C=C1\S[C@@H](C)C(=O)N1CC(=O)Nc1cccnc1Cl. The number of esters is 1. The molecule has 1 fully saturated rings. The van der Waals surface area contributed by atoms with Gasteiger partial charge in [-0.1, -0.05) is 23.4 Å². The highest BCUT2D eigenvalue weighted by Gasteiger charge is 2.35. The molecule has 0 saturated carbocycles. The lowest BCUT2D eigenvalue weighted by Gasteiger charge is -2.17. The smallest absolute Gasteiger partial charge is 0.333 e. The van der Waals surface area contributed by atoms with E-state index in [0.717, 1.165) is 0 Å². The molecule has 1 N–H and O–H groups in total. The molecule has 9 heteroatoms. The molecule has 2 rings (SSSR count). The van der Waals surface area contributed by atoms with E-state index in [1.165, 1.54) is 28.9 Å². The van der Waals surface area contributed by atoms with E-state index in [4.69, 9.17) is 16.3 Å². The summed E-state index contributed by atoms with van der Waals surface area (Å²) in [5.41, 5.74) is 0.354. The molecule has 1 aliphatic heterocycles. The van der Waals surface area contributed by atoms with E-state index in [0.29, 0.717) is 10.7 Å². The number of amides is 2. The molecule has 0 bridgehead atoms. The zero-order valence-electron chi connectivity index (χ0n) is 13.1. The van der Waals surface area contributed by atoms with Gasteiger partial charge in [0.05, 0.1) is 28.6 Å². The van der Waals surface area contributed by atoms with Crippen LogP contribution in [-0.4, -0.2) is 46.1 Å². The molecule has 24 heavy (non-hydrogen) atoms. The fraction of sp³-hybridized carbons (Fsp3) is 0.333. The molecule has 1 aromatic heterocycles. The number of ether oxygens (including phenoxy) is 1. The Hall–Kier alpha value is -2.06. The second-order valence-corrected chi connectivity index (χ2v) is 6.53. The third kappa shape index (κ3) is 4.48. The van der Waals surface area contributed by atoms with Crippen molar-refractivity contribution in [3.8, 4) is 0 Å². The molecule has 1 aromatic rings. The number of carbonyl (C=O) groups excluding carboxylic acids is 3. The number of aromatic nitrogens is 1. The van der Waals surface area contributed by atoms with Crippen molar-refractivity contribution in [3.63, 3.8) is 0 Å². The summed E-state index contributed by atoms with van der Waals surface area (Å²) in [5.74, 6) is -1.24. The highest BCUT2D eigenvalue weighted by molar-refractivity contribution is 8.04. The van der Waals surface area contributed by atoms with Gasteiger partial charge in [0.25, 0.3) is 0 Å². The van der Waals surface area contributed by atoms with Crippen LogP contribution in [-0.2, 0) is 19.1 Å². The molecule has 0 radical (unpaired) electrons. The normalized spacial score (nSPS) is 18.8. The third-order valence-corrected chi connectivity index (χ3v) is 4.48. The minimum Gasteiger partial charge on any atom is -0.463 e. The van der Waals surface area contributed by atoms with Crippen molar-refractivity contribution in [1.82, 2.24) is 9.88 Å². The van der Waals surface area contributed by atoms with E-state index in [-0.39, 0.29) is 29.5 Å². The minimum absolute atomic E-state index is 0.156. The molecule has 0 unspecified atom stereocenters. The summed E-state index contributed by atoms with van der Waals surface area (Å²) in [7, 11) is 0. The van der Waals surface area contributed by atoms with Crippen LogP contribution in [0.1, 0.15) is 13.8 Å². The van der Waals surface area contributed by atoms with Crippen LogP contribution in [0, 0.1) is 0 Å². The highest BCUT2D eigenvalue weighted by atomic mass is 35.5. The lowest BCUT2D eigenvalue weighted by atomic mass is 10.3. The summed E-state index contributed by atoms with van der Waals surface area (Å²) in [4.78, 5) is 41.1. The van der Waals surface area contributed by atoms with Gasteiger partial charge < -0.3 is 10.1 Å². The average Bonchev–Trinajstić information content (AvgIpc) is 2.77. The predicted molar refractivity (Wildman–Crippen MR) is 91.4 cm³/mol. The molecule has 1 aliphatic rings. The van der Waals surface area contributed by atoms with Crippen LogP contribution in [0.3, 0.4) is 0 Å². The van der Waals surface area contributed by atoms with Gasteiger partial charge in [-0.05, 0) is 26.0 Å². The van der Waals surface area contributed by atoms with Crippen molar-refractivity contribution in [2.45, 2.75) is 19.1 Å². The lowest BCUT2D eigenvalue weighted by molar-refractivity contribution is -0.137. The fourth-order valence-corrected chi connectivity index (χ4v) is 3.19. The summed E-state index contributed by atoms with van der Waals surface area (Å²) in [6.07, 6.45) is 2.72. The van der Waals surface area contributed by atoms with E-state index < -0.39 is 11.9 Å². The molecule has 128 valence electrons. The maximum Gasteiger partial charge on any atom is 0.333 e. The first-order chi connectivity index (χ1) is 11.4. The number of hydrogen-bond donors (Lipinski definition) is 1. The Labute approximate surface area is 148 Å². The van der Waals surface area contributed by atoms with Crippen molar-refractivity contribution in [1.29, 1.82) is 0 Å². The van der Waals surface area contributed by atoms with Gasteiger partial charge in [0.1, 0.15) is 6.54 Å². The second kappa shape index (κ2) is 8.16. The Balaban J connectivity index is 2.10. The molecular weight excluding hydrogens is 354 g/mol. The van der Waals surface area contributed by atoms with Crippen LogP contribution < -0.4 is 5.32 Å². The zero-order chi connectivity index (χ0) is 17.7. The Bertz CT molecular complexity index is 695. The quantitative estimate of drug-likeness (QED) is 0.485. The van der Waals surface area contributed by atoms with Crippen LogP contribution >= 0.6 is 23.4 Å². The largest absolute Gasteiger partial charge is 0.463 e. The average molecular weight is 370 g/mol. The topological polar surface area (TPSA) is 88.6 Å². The van der Waals surface area contributed by atoms with Crippen molar-refractivity contribution in [3.05, 3.63) is 34.6 Å². The molecule has 0 aliphatic carbocycles. The molecule has 1 atom stereocenters. The highest BCUT2D eigenvalue weighted by Crippen LogP contribution is 2.34. The molecule has 2 amide bonds. The van der Waals surface area contributed by atoms with E-state index in [1.54, 1.807) is 26.0 Å². The number of halogens is 1. The predicted octanol–water partition coefficient (Wildman–Crippen LogP) is 2.04. The van der Waals surface area contributed by atoms with E-state index in [2.05, 4.69) is 10.3 Å². The van der Waals surface area contributed by atoms with Crippen molar-refractivity contribution in [2.24, 2.45) is 0 Å². The summed E-state index contributed by atoms with van der Waals surface area (Å²) in [5, 5.41) is 2.76. The molecule has 1 saturated heterocycles. The Morgan fingerprint density at radius 2 is 2.29 bits per heavy atom.